The van der Waals surface area contributed by atoms with Gasteiger partial charge in [-0.15, -0.1) is 5.10 Å². The van der Waals surface area contributed by atoms with Crippen LogP contribution in [-0.4, -0.2) is 30.3 Å². The van der Waals surface area contributed by atoms with Crippen molar-refractivity contribution in [2.75, 3.05) is 5.32 Å². The first-order valence-electron chi connectivity index (χ1n) is 10.2. The molecule has 2 aromatic carbocycles. The van der Waals surface area contributed by atoms with Crippen molar-refractivity contribution in [1.82, 2.24) is 24.4 Å². The molecule has 1 amide bonds. The number of fused-ring (bicyclic) bond motifs is 1. The zero-order valence-corrected chi connectivity index (χ0v) is 17.5. The third kappa shape index (κ3) is 3.84. The molecule has 0 saturated carbocycles. The van der Waals surface area contributed by atoms with Crippen LogP contribution >= 0.6 is 0 Å². The molecule has 0 spiro atoms. The van der Waals surface area contributed by atoms with E-state index in [9.17, 15) is 13.6 Å². The van der Waals surface area contributed by atoms with Crippen LogP contribution in [0.5, 0.6) is 0 Å². The normalized spacial score (nSPS) is 11.1. The van der Waals surface area contributed by atoms with Crippen LogP contribution in [0.25, 0.3) is 16.9 Å². The fraction of sp³-hybridized carbons (Fsp3) is 0.0833. The van der Waals surface area contributed by atoms with E-state index in [0.29, 0.717) is 22.3 Å². The maximum absolute atomic E-state index is 14.9. The summed E-state index contributed by atoms with van der Waals surface area (Å²) in [5.41, 5.74) is 2.74. The molecule has 5 aromatic rings. The van der Waals surface area contributed by atoms with Crippen LogP contribution in [0.3, 0.4) is 0 Å². The SMILES string of the molecule is Cc1cc(F)c(-c2nnc(F)n2Cc2ccccc2)cc1NC(=O)c1cnn2ccccc12. The predicted molar refractivity (Wildman–Crippen MR) is 119 cm³/mol. The van der Waals surface area contributed by atoms with Crippen LogP contribution in [0, 0.1) is 18.8 Å². The van der Waals surface area contributed by atoms with Gasteiger partial charge in [-0.2, -0.15) is 9.49 Å². The maximum Gasteiger partial charge on any atom is 0.309 e. The number of rotatable bonds is 5. The summed E-state index contributed by atoms with van der Waals surface area (Å²) in [5, 5.41) is 14.3. The number of hydrogen-bond acceptors (Lipinski definition) is 4. The van der Waals surface area contributed by atoms with E-state index in [4.69, 9.17) is 0 Å². The van der Waals surface area contributed by atoms with Gasteiger partial charge in [-0.05, 0) is 42.3 Å². The molecule has 33 heavy (non-hydrogen) atoms. The van der Waals surface area contributed by atoms with Gasteiger partial charge in [-0.3, -0.25) is 9.36 Å². The van der Waals surface area contributed by atoms with Gasteiger partial charge in [0.25, 0.3) is 5.91 Å². The number of aromatic nitrogens is 5. The fourth-order valence-corrected chi connectivity index (χ4v) is 3.67. The van der Waals surface area contributed by atoms with Crippen molar-refractivity contribution < 1.29 is 13.6 Å². The van der Waals surface area contributed by atoms with Crippen molar-refractivity contribution in [2.24, 2.45) is 0 Å². The van der Waals surface area contributed by atoms with Crippen molar-refractivity contribution in [3.8, 4) is 11.4 Å². The van der Waals surface area contributed by atoms with Gasteiger partial charge < -0.3 is 5.32 Å². The zero-order valence-electron chi connectivity index (χ0n) is 17.5. The second-order valence-corrected chi connectivity index (χ2v) is 7.55. The second kappa shape index (κ2) is 8.27. The highest BCUT2D eigenvalue weighted by molar-refractivity contribution is 6.09. The van der Waals surface area contributed by atoms with Gasteiger partial charge in [0.15, 0.2) is 5.82 Å². The molecule has 7 nitrogen and oxygen atoms in total. The predicted octanol–water partition coefficient (Wildman–Crippen LogP) is 4.48. The summed E-state index contributed by atoms with van der Waals surface area (Å²) in [6, 6.07) is 17.3. The Kier molecular flexibility index (Phi) is 5.14. The Bertz CT molecular complexity index is 1480. The number of anilines is 1. The molecule has 0 aliphatic heterocycles. The number of hydrogen-bond donors (Lipinski definition) is 1. The summed E-state index contributed by atoms with van der Waals surface area (Å²) in [4.78, 5) is 12.9. The van der Waals surface area contributed by atoms with E-state index < -0.39 is 17.8 Å². The Labute approximate surface area is 187 Å². The smallest absolute Gasteiger partial charge is 0.309 e. The Morgan fingerprint density at radius 2 is 1.82 bits per heavy atom. The van der Waals surface area contributed by atoms with Crippen LogP contribution in [0.2, 0.25) is 0 Å². The third-order valence-electron chi connectivity index (χ3n) is 5.36. The highest BCUT2D eigenvalue weighted by Crippen LogP contribution is 2.29. The third-order valence-corrected chi connectivity index (χ3v) is 5.36. The number of nitrogens with zero attached hydrogens (tertiary/aromatic N) is 5. The lowest BCUT2D eigenvalue weighted by atomic mass is 10.1. The van der Waals surface area contributed by atoms with Gasteiger partial charge in [-0.25, -0.2) is 8.91 Å². The summed E-state index contributed by atoms with van der Waals surface area (Å²) < 4.78 is 32.1. The van der Waals surface area contributed by atoms with Gasteiger partial charge in [0.1, 0.15) is 5.82 Å². The molecule has 0 atom stereocenters. The van der Waals surface area contributed by atoms with Crippen molar-refractivity contribution >= 4 is 17.1 Å². The van der Waals surface area contributed by atoms with Gasteiger partial charge in [0.2, 0.25) is 0 Å². The molecular formula is C24H18F2N6O. The Balaban J connectivity index is 1.51. The molecular weight excluding hydrogens is 426 g/mol. The summed E-state index contributed by atoms with van der Waals surface area (Å²) in [5.74, 6) is -0.961. The number of aryl methyl sites for hydroxylation is 1. The van der Waals surface area contributed by atoms with E-state index in [1.165, 1.54) is 22.9 Å². The Morgan fingerprint density at radius 1 is 1.03 bits per heavy atom. The number of benzene rings is 2. The highest BCUT2D eigenvalue weighted by Gasteiger charge is 2.20. The minimum absolute atomic E-state index is 0.0281. The minimum Gasteiger partial charge on any atom is -0.322 e. The molecule has 0 unspecified atom stereocenters. The molecule has 3 heterocycles. The van der Waals surface area contributed by atoms with Gasteiger partial charge in [-0.1, -0.05) is 41.5 Å². The van der Waals surface area contributed by atoms with Crippen LogP contribution in [0.1, 0.15) is 21.5 Å². The molecule has 3 aromatic heterocycles. The number of amides is 1. The summed E-state index contributed by atoms with van der Waals surface area (Å²) in [6.07, 6.45) is 2.38. The quantitative estimate of drug-likeness (QED) is 0.434. The van der Waals surface area contributed by atoms with Gasteiger partial charge in [0.05, 0.1) is 29.4 Å². The van der Waals surface area contributed by atoms with Crippen LogP contribution in [-0.2, 0) is 6.54 Å². The zero-order chi connectivity index (χ0) is 22.9. The number of nitrogens with one attached hydrogen (secondary N) is 1. The van der Waals surface area contributed by atoms with Crippen molar-refractivity contribution in [3.05, 3.63) is 102 Å². The fourth-order valence-electron chi connectivity index (χ4n) is 3.67. The lowest BCUT2D eigenvalue weighted by molar-refractivity contribution is 0.102. The average molecular weight is 444 g/mol. The van der Waals surface area contributed by atoms with E-state index in [-0.39, 0.29) is 17.9 Å². The van der Waals surface area contributed by atoms with Gasteiger partial charge in [0, 0.05) is 11.9 Å². The maximum atomic E-state index is 14.9. The lowest BCUT2D eigenvalue weighted by Gasteiger charge is -2.13. The van der Waals surface area contributed by atoms with E-state index >= 15 is 0 Å². The summed E-state index contributed by atoms with van der Waals surface area (Å²) in [7, 11) is 0. The van der Waals surface area contributed by atoms with Crippen LogP contribution in [0.15, 0.2) is 73.1 Å². The molecule has 0 aliphatic rings. The van der Waals surface area contributed by atoms with E-state index in [2.05, 4.69) is 20.6 Å². The molecule has 0 aliphatic carbocycles. The first-order valence-corrected chi connectivity index (χ1v) is 10.2. The molecule has 0 saturated heterocycles. The Hall–Kier alpha value is -4.40. The van der Waals surface area contributed by atoms with Crippen molar-refractivity contribution in [3.63, 3.8) is 0 Å². The number of pyridine rings is 1. The first kappa shape index (κ1) is 20.5. The highest BCUT2D eigenvalue weighted by atomic mass is 19.1. The van der Waals surface area contributed by atoms with E-state index in [1.807, 2.05) is 42.5 Å². The molecule has 0 fully saturated rings. The minimum atomic E-state index is -0.828. The molecule has 0 bridgehead atoms. The number of carbonyl (C=O) groups excluding carboxylic acids is 1. The molecule has 1 N–H and O–H groups in total. The van der Waals surface area contributed by atoms with Gasteiger partial charge >= 0.3 is 6.08 Å². The van der Waals surface area contributed by atoms with Crippen molar-refractivity contribution in [1.29, 1.82) is 0 Å². The van der Waals surface area contributed by atoms with Crippen LogP contribution in [0.4, 0.5) is 14.5 Å². The monoisotopic (exact) mass is 444 g/mol. The standard InChI is InChI=1S/C24H18F2N6O/c1-15-11-19(25)17(22-29-30-24(26)31(22)14-16-7-3-2-4-8-16)12-20(15)28-23(33)18-13-27-32-10-6-5-9-21(18)32/h2-13H,14H2,1H3,(H,28,33). The summed E-state index contributed by atoms with van der Waals surface area (Å²) in [6.45, 7) is 1.81. The summed E-state index contributed by atoms with van der Waals surface area (Å²) >= 11 is 0. The molecule has 9 heteroatoms. The van der Waals surface area contributed by atoms with E-state index in [0.717, 1.165) is 5.56 Å². The average Bonchev–Trinajstić information content (AvgIpc) is 3.40. The number of carbonyl (C=O) groups is 1. The molecule has 0 radical (unpaired) electrons. The topological polar surface area (TPSA) is 77.1 Å². The largest absolute Gasteiger partial charge is 0.322 e. The van der Waals surface area contributed by atoms with Crippen LogP contribution < -0.4 is 5.32 Å². The Morgan fingerprint density at radius 3 is 2.64 bits per heavy atom. The molecule has 164 valence electrons. The van der Waals surface area contributed by atoms with Crippen molar-refractivity contribution in [2.45, 2.75) is 13.5 Å². The lowest BCUT2D eigenvalue weighted by Crippen LogP contribution is -2.13. The molecule has 5 rings (SSSR count). The number of halogens is 2. The first-order chi connectivity index (χ1) is 16.0. The second-order valence-electron chi connectivity index (χ2n) is 7.55. The van der Waals surface area contributed by atoms with E-state index in [1.54, 1.807) is 23.7 Å².